The van der Waals surface area contributed by atoms with Crippen LogP contribution in [-0.4, -0.2) is 60.9 Å². The Hall–Kier alpha value is -0.960. The molecule has 0 bridgehead atoms. The van der Waals surface area contributed by atoms with Crippen LogP contribution in [0.15, 0.2) is 16.3 Å². The number of thiophene rings is 1. The van der Waals surface area contributed by atoms with Gasteiger partial charge in [0.1, 0.15) is 4.88 Å². The first kappa shape index (κ1) is 15.4. The Morgan fingerprint density at radius 1 is 1.50 bits per heavy atom. The van der Waals surface area contributed by atoms with E-state index in [-0.39, 0.29) is 15.8 Å². The van der Waals surface area contributed by atoms with E-state index in [4.69, 9.17) is 5.11 Å². The highest BCUT2D eigenvalue weighted by molar-refractivity contribution is 7.89. The molecule has 1 aliphatic heterocycles. The summed E-state index contributed by atoms with van der Waals surface area (Å²) in [5, 5.41) is 10.3. The molecule has 20 heavy (non-hydrogen) atoms. The Labute approximate surface area is 122 Å². The number of nitrogens with zero attached hydrogens (tertiary/aromatic N) is 2. The smallest absolute Gasteiger partial charge is 0.345 e. The molecule has 1 N–H and O–H groups in total. The summed E-state index contributed by atoms with van der Waals surface area (Å²) in [6, 6.07) is 1.40. The Balaban J connectivity index is 2.20. The summed E-state index contributed by atoms with van der Waals surface area (Å²) in [6.45, 7) is 6.54. The number of hydrogen-bond acceptors (Lipinski definition) is 5. The van der Waals surface area contributed by atoms with Crippen molar-refractivity contribution in [2.45, 2.75) is 24.8 Å². The molecule has 2 rings (SSSR count). The van der Waals surface area contributed by atoms with Crippen molar-refractivity contribution >= 4 is 27.3 Å². The maximum atomic E-state index is 12.5. The predicted octanol–water partition coefficient (Wildman–Crippen LogP) is 1.16. The molecule has 1 aromatic rings. The lowest BCUT2D eigenvalue weighted by molar-refractivity contribution is 0.0702. The molecule has 0 aliphatic carbocycles. The molecule has 0 spiro atoms. The van der Waals surface area contributed by atoms with Crippen molar-refractivity contribution in [3.05, 3.63) is 16.3 Å². The molecule has 1 unspecified atom stereocenters. The number of carbonyl (C=O) groups is 1. The van der Waals surface area contributed by atoms with Gasteiger partial charge in [-0.25, -0.2) is 13.2 Å². The van der Waals surface area contributed by atoms with E-state index >= 15 is 0 Å². The first-order valence-electron chi connectivity index (χ1n) is 6.42. The highest BCUT2D eigenvalue weighted by Crippen LogP contribution is 2.24. The zero-order valence-corrected chi connectivity index (χ0v) is 13.1. The van der Waals surface area contributed by atoms with Crippen LogP contribution in [0.1, 0.15) is 23.5 Å². The fourth-order valence-corrected chi connectivity index (χ4v) is 4.98. The van der Waals surface area contributed by atoms with Crippen molar-refractivity contribution in [2.75, 3.05) is 26.2 Å². The van der Waals surface area contributed by atoms with Crippen LogP contribution >= 0.6 is 11.3 Å². The van der Waals surface area contributed by atoms with Gasteiger partial charge < -0.3 is 5.11 Å². The zero-order valence-electron chi connectivity index (χ0n) is 11.4. The molecule has 0 radical (unpaired) electrons. The van der Waals surface area contributed by atoms with E-state index < -0.39 is 16.0 Å². The molecule has 1 aliphatic rings. The van der Waals surface area contributed by atoms with Crippen molar-refractivity contribution in [3.8, 4) is 0 Å². The van der Waals surface area contributed by atoms with Crippen LogP contribution in [0.3, 0.4) is 0 Å². The number of piperazine rings is 1. The second-order valence-electron chi connectivity index (χ2n) is 4.79. The Morgan fingerprint density at radius 3 is 2.70 bits per heavy atom. The van der Waals surface area contributed by atoms with Crippen LogP contribution < -0.4 is 0 Å². The zero-order chi connectivity index (χ0) is 14.9. The molecule has 0 amide bonds. The topological polar surface area (TPSA) is 77.9 Å². The number of aromatic carboxylic acids is 1. The van der Waals surface area contributed by atoms with Crippen molar-refractivity contribution in [2.24, 2.45) is 0 Å². The fraction of sp³-hybridized carbons (Fsp3) is 0.583. The van der Waals surface area contributed by atoms with E-state index in [2.05, 4.69) is 11.8 Å². The molecule has 1 saturated heterocycles. The molecule has 1 fully saturated rings. The Bertz CT molecular complexity index is 596. The number of carboxylic acid groups (broad SMARTS) is 1. The minimum atomic E-state index is -3.59. The van der Waals surface area contributed by atoms with Crippen molar-refractivity contribution in [1.29, 1.82) is 0 Å². The summed E-state index contributed by atoms with van der Waals surface area (Å²) in [7, 11) is -3.59. The van der Waals surface area contributed by atoms with Gasteiger partial charge in [-0.15, -0.1) is 11.3 Å². The number of likely N-dealkylation sites (N-methyl/N-ethyl adjacent to an activating group) is 1. The van der Waals surface area contributed by atoms with Gasteiger partial charge in [0, 0.05) is 31.1 Å². The van der Waals surface area contributed by atoms with E-state index in [0.29, 0.717) is 19.6 Å². The van der Waals surface area contributed by atoms with Gasteiger partial charge in [-0.05, 0) is 19.5 Å². The van der Waals surface area contributed by atoms with Crippen molar-refractivity contribution in [3.63, 3.8) is 0 Å². The number of carboxylic acids is 1. The van der Waals surface area contributed by atoms with E-state index in [1.165, 1.54) is 15.8 Å². The summed E-state index contributed by atoms with van der Waals surface area (Å²) in [6.07, 6.45) is 0. The molecular weight excluding hydrogens is 300 g/mol. The lowest BCUT2D eigenvalue weighted by Gasteiger charge is -2.38. The number of hydrogen-bond donors (Lipinski definition) is 1. The van der Waals surface area contributed by atoms with Gasteiger partial charge in [0.25, 0.3) is 0 Å². The minimum Gasteiger partial charge on any atom is -0.477 e. The van der Waals surface area contributed by atoms with Crippen LogP contribution in [-0.2, 0) is 10.0 Å². The summed E-state index contributed by atoms with van der Waals surface area (Å²) in [4.78, 5) is 13.2. The standard InChI is InChI=1S/C12H18N2O4S2/c1-3-13-4-5-14(7-9(13)2)20(17,18)10-6-11(12(15)16)19-8-10/h6,8-9H,3-5,7H2,1-2H3,(H,15,16). The highest BCUT2D eigenvalue weighted by atomic mass is 32.2. The largest absolute Gasteiger partial charge is 0.477 e. The molecule has 1 atom stereocenters. The summed E-state index contributed by atoms with van der Waals surface area (Å²) >= 11 is 0.939. The molecule has 0 aromatic carbocycles. The fourth-order valence-electron chi connectivity index (χ4n) is 2.37. The lowest BCUT2D eigenvalue weighted by Crippen LogP contribution is -2.53. The molecule has 6 nitrogen and oxygen atoms in total. The van der Waals surface area contributed by atoms with Gasteiger partial charge in [-0.1, -0.05) is 6.92 Å². The SMILES string of the molecule is CCN1CCN(S(=O)(=O)c2csc(C(=O)O)c2)CC1C. The maximum absolute atomic E-state index is 12.5. The van der Waals surface area contributed by atoms with Crippen LogP contribution in [0.5, 0.6) is 0 Å². The van der Waals surface area contributed by atoms with Gasteiger partial charge in [0.15, 0.2) is 0 Å². The Kier molecular flexibility index (Phi) is 4.48. The first-order chi connectivity index (χ1) is 9.36. The predicted molar refractivity (Wildman–Crippen MR) is 76.7 cm³/mol. The van der Waals surface area contributed by atoms with E-state index in [1.54, 1.807) is 0 Å². The number of rotatable bonds is 4. The Morgan fingerprint density at radius 2 is 2.20 bits per heavy atom. The van der Waals surface area contributed by atoms with Gasteiger partial charge in [-0.2, -0.15) is 4.31 Å². The summed E-state index contributed by atoms with van der Waals surface area (Å²) in [5.41, 5.74) is 0. The van der Waals surface area contributed by atoms with Gasteiger partial charge in [-0.3, -0.25) is 4.90 Å². The average molecular weight is 318 g/mol. The third-order valence-electron chi connectivity index (χ3n) is 3.56. The third kappa shape index (κ3) is 2.88. The molecule has 0 saturated carbocycles. The first-order valence-corrected chi connectivity index (χ1v) is 8.74. The summed E-state index contributed by atoms with van der Waals surface area (Å²) in [5.74, 6) is -1.10. The van der Waals surface area contributed by atoms with Crippen LogP contribution in [0.25, 0.3) is 0 Å². The van der Waals surface area contributed by atoms with E-state index in [0.717, 1.165) is 17.9 Å². The normalized spacial score (nSPS) is 22.0. The van der Waals surface area contributed by atoms with Gasteiger partial charge >= 0.3 is 5.97 Å². The summed E-state index contributed by atoms with van der Waals surface area (Å²) < 4.78 is 26.4. The second kappa shape index (κ2) is 5.80. The third-order valence-corrected chi connectivity index (χ3v) is 6.47. The van der Waals surface area contributed by atoms with E-state index in [1.807, 2.05) is 6.92 Å². The van der Waals surface area contributed by atoms with Crippen molar-refractivity contribution in [1.82, 2.24) is 9.21 Å². The minimum absolute atomic E-state index is 0.0452. The van der Waals surface area contributed by atoms with E-state index in [9.17, 15) is 13.2 Å². The molecular formula is C12H18N2O4S2. The van der Waals surface area contributed by atoms with Gasteiger partial charge in [0.2, 0.25) is 10.0 Å². The maximum Gasteiger partial charge on any atom is 0.345 e. The quantitative estimate of drug-likeness (QED) is 0.901. The van der Waals surface area contributed by atoms with Crippen molar-refractivity contribution < 1.29 is 18.3 Å². The molecule has 2 heterocycles. The highest BCUT2D eigenvalue weighted by Gasteiger charge is 2.32. The molecule has 1 aromatic heterocycles. The van der Waals surface area contributed by atoms with Crippen LogP contribution in [0.4, 0.5) is 0 Å². The number of sulfonamides is 1. The lowest BCUT2D eigenvalue weighted by atomic mass is 10.2. The molecule has 112 valence electrons. The monoisotopic (exact) mass is 318 g/mol. The van der Waals surface area contributed by atoms with Crippen LogP contribution in [0, 0.1) is 0 Å². The van der Waals surface area contributed by atoms with Gasteiger partial charge in [0.05, 0.1) is 4.90 Å². The second-order valence-corrected chi connectivity index (χ2v) is 7.64. The molecule has 8 heteroatoms. The average Bonchev–Trinajstić information content (AvgIpc) is 2.89. The van der Waals surface area contributed by atoms with Crippen LogP contribution in [0.2, 0.25) is 0 Å².